The molecule has 1 saturated heterocycles. The molecular weight excluding hydrogens is 581 g/mol. The van der Waals surface area contributed by atoms with E-state index in [-0.39, 0.29) is 36.8 Å². The normalized spacial score (nSPS) is 14.8. The maximum atomic E-state index is 13.0. The van der Waals surface area contributed by atoms with Crippen LogP contribution in [0.4, 0.5) is 11.4 Å². The first-order chi connectivity index (χ1) is 17.5. The Labute approximate surface area is 230 Å². The van der Waals surface area contributed by atoms with Gasteiger partial charge in [0.2, 0.25) is 10.0 Å². The van der Waals surface area contributed by atoms with Gasteiger partial charge in [-0.15, -0.1) is 0 Å². The minimum absolute atomic E-state index is 0.0164. The number of sulfonamides is 2. The van der Waals surface area contributed by atoms with Gasteiger partial charge in [-0.1, -0.05) is 41.2 Å². The van der Waals surface area contributed by atoms with Crippen LogP contribution in [0.3, 0.4) is 0 Å². The van der Waals surface area contributed by atoms with Crippen LogP contribution in [0, 0.1) is 0 Å². The van der Waals surface area contributed by atoms with E-state index < -0.39 is 26.0 Å². The number of hydrogen-bond donors (Lipinski definition) is 2. The largest absolute Gasteiger partial charge is 0.322 e. The number of carbonyl (C=O) groups excluding carboxylic acids is 1. The Hall–Kier alpha value is -2.34. The van der Waals surface area contributed by atoms with Gasteiger partial charge in [0.15, 0.2) is 0 Å². The molecule has 0 radical (unpaired) electrons. The van der Waals surface area contributed by atoms with E-state index in [9.17, 15) is 21.6 Å². The summed E-state index contributed by atoms with van der Waals surface area (Å²) in [6, 6.07) is 13.8. The third-order valence-electron chi connectivity index (χ3n) is 5.73. The summed E-state index contributed by atoms with van der Waals surface area (Å²) in [5, 5.41) is 3.20. The topological polar surface area (TPSA) is 113 Å². The fourth-order valence-corrected chi connectivity index (χ4v) is 7.12. The highest BCUT2D eigenvalue weighted by molar-refractivity contribution is 7.92. The number of hydrogen-bond acceptors (Lipinski definition) is 5. The van der Waals surface area contributed by atoms with Crippen LogP contribution in [-0.2, 0) is 20.0 Å². The average Bonchev–Trinajstić information content (AvgIpc) is 2.86. The molecule has 196 valence electrons. The zero-order valence-electron chi connectivity index (χ0n) is 19.2. The SMILES string of the molecule is O=C(Nc1ccc(S(=O)(=O)Nc2ccc(Cl)cc2Cl)cc1)c1cc(S(=O)(=O)N2CCCCC2)ccc1Cl. The zero-order valence-corrected chi connectivity index (χ0v) is 23.1. The monoisotopic (exact) mass is 601 g/mol. The maximum absolute atomic E-state index is 13.0. The first-order valence-corrected chi connectivity index (χ1v) is 15.2. The van der Waals surface area contributed by atoms with Crippen LogP contribution < -0.4 is 10.0 Å². The van der Waals surface area contributed by atoms with Crippen LogP contribution in [0.15, 0.2) is 70.5 Å². The number of carbonyl (C=O) groups is 1. The van der Waals surface area contributed by atoms with E-state index in [1.807, 2.05) is 0 Å². The molecule has 0 bridgehead atoms. The van der Waals surface area contributed by atoms with Crippen molar-refractivity contribution in [3.8, 4) is 0 Å². The summed E-state index contributed by atoms with van der Waals surface area (Å²) in [6.07, 6.45) is 2.55. The van der Waals surface area contributed by atoms with Crippen molar-refractivity contribution < 1.29 is 21.6 Å². The fourth-order valence-electron chi connectivity index (χ4n) is 3.78. The van der Waals surface area contributed by atoms with Crippen LogP contribution in [0.2, 0.25) is 15.1 Å². The Morgan fingerprint density at radius 3 is 2.05 bits per heavy atom. The molecule has 13 heteroatoms. The van der Waals surface area contributed by atoms with Gasteiger partial charge >= 0.3 is 0 Å². The number of nitrogens with zero attached hydrogens (tertiary/aromatic N) is 1. The molecule has 1 aliphatic heterocycles. The van der Waals surface area contributed by atoms with Crippen molar-refractivity contribution in [1.82, 2.24) is 4.31 Å². The van der Waals surface area contributed by atoms with Gasteiger partial charge in [-0.2, -0.15) is 4.31 Å². The molecule has 8 nitrogen and oxygen atoms in total. The number of benzene rings is 3. The number of amides is 1. The lowest BCUT2D eigenvalue weighted by molar-refractivity contribution is 0.102. The second kappa shape index (κ2) is 11.2. The van der Waals surface area contributed by atoms with E-state index in [1.54, 1.807) is 0 Å². The molecule has 3 aromatic rings. The van der Waals surface area contributed by atoms with Gasteiger partial charge in [-0.25, -0.2) is 16.8 Å². The summed E-state index contributed by atoms with van der Waals surface area (Å²) in [4.78, 5) is 12.8. The summed E-state index contributed by atoms with van der Waals surface area (Å²) in [5.74, 6) is -0.637. The molecule has 1 amide bonds. The predicted octanol–water partition coefficient (Wildman–Crippen LogP) is 5.87. The van der Waals surface area contributed by atoms with Gasteiger partial charge < -0.3 is 5.32 Å². The number of halogens is 3. The summed E-state index contributed by atoms with van der Waals surface area (Å²) in [6.45, 7) is 0.863. The van der Waals surface area contributed by atoms with Gasteiger partial charge in [-0.3, -0.25) is 9.52 Å². The molecule has 1 heterocycles. The number of piperidine rings is 1. The number of nitrogens with one attached hydrogen (secondary N) is 2. The molecule has 3 aromatic carbocycles. The van der Waals surface area contributed by atoms with E-state index in [4.69, 9.17) is 34.8 Å². The van der Waals surface area contributed by atoms with E-state index in [0.29, 0.717) is 18.1 Å². The smallest absolute Gasteiger partial charge is 0.261 e. The minimum Gasteiger partial charge on any atom is -0.322 e. The van der Waals surface area contributed by atoms with Gasteiger partial charge in [0.05, 0.1) is 31.1 Å². The summed E-state index contributed by atoms with van der Waals surface area (Å²) in [5.41, 5.74) is 0.432. The van der Waals surface area contributed by atoms with Crippen molar-refractivity contribution in [2.45, 2.75) is 29.1 Å². The molecule has 2 N–H and O–H groups in total. The zero-order chi connectivity index (χ0) is 26.8. The predicted molar refractivity (Wildman–Crippen MR) is 146 cm³/mol. The third-order valence-corrected chi connectivity index (χ3v) is 9.89. The van der Waals surface area contributed by atoms with E-state index >= 15 is 0 Å². The Balaban J connectivity index is 1.50. The van der Waals surface area contributed by atoms with Gasteiger partial charge in [-0.05, 0) is 73.5 Å². The molecular formula is C24H22Cl3N3O5S2. The Bertz CT molecular complexity index is 1540. The van der Waals surface area contributed by atoms with Gasteiger partial charge in [0.1, 0.15) is 0 Å². The summed E-state index contributed by atoms with van der Waals surface area (Å²) < 4.78 is 55.3. The van der Waals surface area contributed by atoms with Crippen molar-refractivity contribution in [2.24, 2.45) is 0 Å². The van der Waals surface area contributed by atoms with Crippen molar-refractivity contribution in [2.75, 3.05) is 23.1 Å². The minimum atomic E-state index is -3.97. The molecule has 37 heavy (non-hydrogen) atoms. The molecule has 0 aromatic heterocycles. The maximum Gasteiger partial charge on any atom is 0.261 e. The highest BCUT2D eigenvalue weighted by Crippen LogP contribution is 2.29. The molecule has 0 unspecified atom stereocenters. The summed E-state index contributed by atoms with van der Waals surface area (Å²) in [7, 11) is -7.72. The Morgan fingerprint density at radius 2 is 1.41 bits per heavy atom. The summed E-state index contributed by atoms with van der Waals surface area (Å²) >= 11 is 18.1. The first kappa shape index (κ1) is 27.7. The Morgan fingerprint density at radius 1 is 0.757 bits per heavy atom. The van der Waals surface area contributed by atoms with Crippen molar-refractivity contribution in [1.29, 1.82) is 0 Å². The second-order valence-corrected chi connectivity index (χ2v) is 13.2. The average molecular weight is 603 g/mol. The highest BCUT2D eigenvalue weighted by Gasteiger charge is 2.27. The highest BCUT2D eigenvalue weighted by atomic mass is 35.5. The number of rotatable bonds is 7. The lowest BCUT2D eigenvalue weighted by Crippen LogP contribution is -2.35. The first-order valence-electron chi connectivity index (χ1n) is 11.2. The lowest BCUT2D eigenvalue weighted by atomic mass is 10.2. The molecule has 1 aliphatic rings. The Kier molecular flexibility index (Phi) is 8.37. The van der Waals surface area contributed by atoms with Crippen molar-refractivity contribution in [3.05, 3.63) is 81.3 Å². The van der Waals surface area contributed by atoms with Crippen LogP contribution >= 0.6 is 34.8 Å². The van der Waals surface area contributed by atoms with Crippen molar-refractivity contribution in [3.63, 3.8) is 0 Å². The van der Waals surface area contributed by atoms with Gasteiger partial charge in [0, 0.05) is 23.8 Å². The molecule has 0 saturated carbocycles. The molecule has 4 rings (SSSR count). The molecule has 0 spiro atoms. The van der Waals surface area contributed by atoms with E-state index in [1.165, 1.54) is 65.0 Å². The molecule has 0 atom stereocenters. The number of anilines is 2. The van der Waals surface area contributed by atoms with Gasteiger partial charge in [0.25, 0.3) is 15.9 Å². The van der Waals surface area contributed by atoms with Crippen LogP contribution in [0.1, 0.15) is 29.6 Å². The van der Waals surface area contributed by atoms with Crippen LogP contribution in [-0.4, -0.2) is 40.1 Å². The molecule has 1 fully saturated rings. The molecule has 0 aliphatic carbocycles. The quantitative estimate of drug-likeness (QED) is 0.351. The van der Waals surface area contributed by atoms with Crippen LogP contribution in [0.5, 0.6) is 0 Å². The second-order valence-electron chi connectivity index (χ2n) is 8.31. The third kappa shape index (κ3) is 6.39. The van der Waals surface area contributed by atoms with Crippen molar-refractivity contribution >= 4 is 72.1 Å². The van der Waals surface area contributed by atoms with E-state index in [0.717, 1.165) is 19.3 Å². The van der Waals surface area contributed by atoms with E-state index in [2.05, 4.69) is 10.0 Å². The lowest BCUT2D eigenvalue weighted by Gasteiger charge is -2.26. The van der Waals surface area contributed by atoms with Crippen LogP contribution in [0.25, 0.3) is 0 Å². The fraction of sp³-hybridized carbons (Fsp3) is 0.208. The standard InChI is InChI=1S/C24H22Cl3N3O5S2/c25-16-4-11-23(22(27)14-16)29-36(32,33)18-7-5-17(6-8-18)28-24(31)20-15-19(9-10-21(20)26)37(34,35)30-12-2-1-3-13-30/h4-11,14-15,29H,1-3,12-13H2,(H,28,31).